The molecule has 0 aromatic heterocycles. The predicted octanol–water partition coefficient (Wildman–Crippen LogP) is 3.36. The summed E-state index contributed by atoms with van der Waals surface area (Å²) in [5.41, 5.74) is 4.59. The Balaban J connectivity index is 1.38. The van der Waals surface area contributed by atoms with Gasteiger partial charge < -0.3 is 10.1 Å². The van der Waals surface area contributed by atoms with Crippen molar-refractivity contribution in [1.82, 2.24) is 4.90 Å². The van der Waals surface area contributed by atoms with E-state index < -0.39 is 0 Å². The topological polar surface area (TPSA) is 41.6 Å². The molecule has 0 radical (unpaired) electrons. The van der Waals surface area contributed by atoms with Crippen molar-refractivity contribution in [2.45, 2.75) is 25.3 Å². The van der Waals surface area contributed by atoms with E-state index in [0.717, 1.165) is 44.0 Å². The fourth-order valence-electron chi connectivity index (χ4n) is 3.74. The van der Waals surface area contributed by atoms with E-state index in [4.69, 9.17) is 4.74 Å². The maximum Gasteiger partial charge on any atom is 0.232 e. The van der Waals surface area contributed by atoms with E-state index in [1.54, 1.807) is 0 Å². The van der Waals surface area contributed by atoms with Crippen LogP contribution in [0, 0.1) is 0 Å². The van der Waals surface area contributed by atoms with E-state index in [9.17, 15) is 4.79 Å². The largest absolute Gasteiger partial charge is 0.379 e. The van der Waals surface area contributed by atoms with Crippen LogP contribution < -0.4 is 5.32 Å². The first kappa shape index (κ1) is 16.3. The van der Waals surface area contributed by atoms with Crippen LogP contribution in [0.3, 0.4) is 0 Å². The van der Waals surface area contributed by atoms with Gasteiger partial charge in [-0.05, 0) is 42.2 Å². The number of fused-ring (bicyclic) bond motifs is 1. The normalized spacial score (nSPS) is 21.1. The van der Waals surface area contributed by atoms with Crippen LogP contribution in [-0.4, -0.2) is 37.1 Å². The highest BCUT2D eigenvalue weighted by Gasteiger charge is 2.31. The minimum atomic E-state index is -0.0110. The lowest BCUT2D eigenvalue weighted by Gasteiger charge is -2.32. The van der Waals surface area contributed by atoms with Crippen molar-refractivity contribution < 1.29 is 9.53 Å². The summed E-state index contributed by atoms with van der Waals surface area (Å²) in [6, 6.07) is 16.8. The lowest BCUT2D eigenvalue weighted by molar-refractivity contribution is -0.118. The molecule has 0 bridgehead atoms. The van der Waals surface area contributed by atoms with Gasteiger partial charge in [-0.1, -0.05) is 36.4 Å². The van der Waals surface area contributed by atoms with E-state index in [2.05, 4.69) is 41.4 Å². The number of carbonyl (C=O) groups is 1. The number of anilines is 1. The Kier molecular flexibility index (Phi) is 4.55. The van der Waals surface area contributed by atoms with Gasteiger partial charge in [-0.3, -0.25) is 9.69 Å². The zero-order valence-corrected chi connectivity index (χ0v) is 14.6. The third-order valence-electron chi connectivity index (χ3n) is 5.43. The highest BCUT2D eigenvalue weighted by Crippen LogP contribution is 2.35. The van der Waals surface area contributed by atoms with Crippen LogP contribution in [0.1, 0.15) is 35.6 Å². The van der Waals surface area contributed by atoms with E-state index in [0.29, 0.717) is 6.04 Å². The standard InChI is InChI=1S/C21H24N2O2/c1-15(23-10-12-25-13-11-23)16-6-8-18(9-7-16)22-21(24)20-14-17-4-2-3-5-19(17)20/h2-9,15,20H,10-14H2,1H3,(H,22,24)/t15-,20+/m0/s1. The number of carbonyl (C=O) groups excluding carboxylic acids is 1. The Morgan fingerprint density at radius 3 is 2.56 bits per heavy atom. The molecule has 0 spiro atoms. The highest BCUT2D eigenvalue weighted by atomic mass is 16.5. The Hall–Kier alpha value is -2.17. The molecular weight excluding hydrogens is 312 g/mol. The molecule has 0 unspecified atom stereocenters. The number of benzene rings is 2. The molecule has 2 atom stereocenters. The average Bonchev–Trinajstić information content (AvgIpc) is 2.63. The summed E-state index contributed by atoms with van der Waals surface area (Å²) in [6.07, 6.45) is 0.841. The summed E-state index contributed by atoms with van der Waals surface area (Å²) >= 11 is 0. The SMILES string of the molecule is C[C@@H](c1ccc(NC(=O)[C@@H]2Cc3ccccc32)cc1)N1CCOCC1. The van der Waals surface area contributed by atoms with Gasteiger partial charge in [0.25, 0.3) is 0 Å². The van der Waals surface area contributed by atoms with Gasteiger partial charge in [-0.2, -0.15) is 0 Å². The first-order valence-electron chi connectivity index (χ1n) is 9.03. The molecule has 2 aromatic carbocycles. The summed E-state index contributed by atoms with van der Waals surface area (Å²) in [5.74, 6) is 0.0795. The number of nitrogens with one attached hydrogen (secondary N) is 1. The van der Waals surface area contributed by atoms with Crippen LogP contribution in [-0.2, 0) is 16.0 Å². The molecule has 2 aromatic rings. The summed E-state index contributed by atoms with van der Waals surface area (Å²) in [5, 5.41) is 3.06. The molecule has 2 aliphatic rings. The van der Waals surface area contributed by atoms with Crippen molar-refractivity contribution in [3.05, 3.63) is 65.2 Å². The van der Waals surface area contributed by atoms with Gasteiger partial charge in [0.05, 0.1) is 19.1 Å². The number of hydrogen-bond donors (Lipinski definition) is 1. The van der Waals surface area contributed by atoms with Crippen molar-refractivity contribution in [1.29, 1.82) is 0 Å². The first-order chi connectivity index (χ1) is 12.2. The highest BCUT2D eigenvalue weighted by molar-refractivity contribution is 5.97. The van der Waals surface area contributed by atoms with Gasteiger partial charge in [0.2, 0.25) is 5.91 Å². The van der Waals surface area contributed by atoms with Crippen molar-refractivity contribution >= 4 is 11.6 Å². The van der Waals surface area contributed by atoms with Crippen molar-refractivity contribution in [2.24, 2.45) is 0 Å². The molecule has 1 heterocycles. The molecule has 4 heteroatoms. The molecule has 4 rings (SSSR count). The monoisotopic (exact) mass is 336 g/mol. The number of amides is 1. The van der Waals surface area contributed by atoms with Crippen molar-refractivity contribution in [3.8, 4) is 0 Å². The van der Waals surface area contributed by atoms with Crippen LogP contribution in [0.4, 0.5) is 5.69 Å². The van der Waals surface area contributed by atoms with Crippen LogP contribution >= 0.6 is 0 Å². The molecule has 130 valence electrons. The second-order valence-corrected chi connectivity index (χ2v) is 6.89. The fraction of sp³-hybridized carbons (Fsp3) is 0.381. The van der Waals surface area contributed by atoms with E-state index >= 15 is 0 Å². The third-order valence-corrected chi connectivity index (χ3v) is 5.43. The Bertz CT molecular complexity index is 751. The minimum absolute atomic E-state index is 0.0110. The second-order valence-electron chi connectivity index (χ2n) is 6.89. The maximum absolute atomic E-state index is 12.5. The predicted molar refractivity (Wildman–Crippen MR) is 98.8 cm³/mol. The van der Waals surface area contributed by atoms with Gasteiger partial charge in [0.1, 0.15) is 0 Å². The lowest BCUT2D eigenvalue weighted by atomic mass is 9.77. The molecule has 1 aliphatic carbocycles. The van der Waals surface area contributed by atoms with Crippen LogP contribution in [0.2, 0.25) is 0 Å². The number of ether oxygens (including phenoxy) is 1. The lowest BCUT2D eigenvalue weighted by Crippen LogP contribution is -2.38. The van der Waals surface area contributed by atoms with Gasteiger partial charge in [0.15, 0.2) is 0 Å². The molecular formula is C21H24N2O2. The molecule has 1 saturated heterocycles. The third kappa shape index (κ3) is 3.32. The van der Waals surface area contributed by atoms with Crippen molar-refractivity contribution in [3.63, 3.8) is 0 Å². The van der Waals surface area contributed by atoms with Gasteiger partial charge >= 0.3 is 0 Å². The zero-order valence-electron chi connectivity index (χ0n) is 14.6. The summed E-state index contributed by atoms with van der Waals surface area (Å²) in [6.45, 7) is 5.79. The fourth-order valence-corrected chi connectivity index (χ4v) is 3.74. The Morgan fingerprint density at radius 2 is 1.84 bits per heavy atom. The van der Waals surface area contributed by atoms with Crippen LogP contribution in [0.25, 0.3) is 0 Å². The molecule has 1 fully saturated rings. The van der Waals surface area contributed by atoms with E-state index in [1.807, 2.05) is 24.3 Å². The van der Waals surface area contributed by atoms with Gasteiger partial charge in [-0.15, -0.1) is 0 Å². The quantitative estimate of drug-likeness (QED) is 0.931. The van der Waals surface area contributed by atoms with Crippen LogP contribution in [0.15, 0.2) is 48.5 Å². The minimum Gasteiger partial charge on any atom is -0.379 e. The summed E-state index contributed by atoms with van der Waals surface area (Å²) in [4.78, 5) is 14.9. The zero-order chi connectivity index (χ0) is 17.2. The Labute approximate surface area is 148 Å². The number of nitrogens with zero attached hydrogens (tertiary/aromatic N) is 1. The summed E-state index contributed by atoms with van der Waals surface area (Å²) in [7, 11) is 0. The number of hydrogen-bond acceptors (Lipinski definition) is 3. The molecule has 25 heavy (non-hydrogen) atoms. The van der Waals surface area contributed by atoms with Crippen LogP contribution in [0.5, 0.6) is 0 Å². The van der Waals surface area contributed by atoms with Gasteiger partial charge in [-0.25, -0.2) is 0 Å². The van der Waals surface area contributed by atoms with E-state index in [-0.39, 0.29) is 11.8 Å². The number of rotatable bonds is 4. The smallest absolute Gasteiger partial charge is 0.232 e. The maximum atomic E-state index is 12.5. The average molecular weight is 336 g/mol. The molecule has 1 amide bonds. The Morgan fingerprint density at radius 1 is 1.12 bits per heavy atom. The van der Waals surface area contributed by atoms with E-state index in [1.165, 1.54) is 11.1 Å². The first-order valence-corrected chi connectivity index (χ1v) is 9.03. The second kappa shape index (κ2) is 6.98. The molecule has 1 aliphatic heterocycles. The number of morpholine rings is 1. The molecule has 1 N–H and O–H groups in total. The summed E-state index contributed by atoms with van der Waals surface area (Å²) < 4.78 is 5.42. The van der Waals surface area contributed by atoms with Gasteiger partial charge in [0, 0.05) is 24.8 Å². The van der Waals surface area contributed by atoms with Crippen molar-refractivity contribution in [2.75, 3.05) is 31.6 Å². The molecule has 4 nitrogen and oxygen atoms in total. The molecule has 0 saturated carbocycles.